The van der Waals surface area contributed by atoms with E-state index in [1.807, 2.05) is 6.07 Å². The second-order valence-corrected chi connectivity index (χ2v) is 12.8. The number of aliphatic hydroxyl groups is 1. The van der Waals surface area contributed by atoms with Gasteiger partial charge in [-0.2, -0.15) is 18.4 Å². The number of benzene rings is 3. The molecular formula is C26H25ClF3NOP+. The van der Waals surface area contributed by atoms with Gasteiger partial charge in [-0.15, -0.1) is 0 Å². The Bertz CT molecular complexity index is 1010. The van der Waals surface area contributed by atoms with Crippen LogP contribution in [0.2, 0.25) is 0 Å². The van der Waals surface area contributed by atoms with E-state index in [0.29, 0.717) is 15.9 Å². The van der Waals surface area contributed by atoms with Crippen LogP contribution >= 0.6 is 18.9 Å². The van der Waals surface area contributed by atoms with Crippen LogP contribution in [0.5, 0.6) is 0 Å². The van der Waals surface area contributed by atoms with Gasteiger partial charge in [-0.3, -0.25) is 0 Å². The van der Waals surface area contributed by atoms with E-state index < -0.39 is 36.0 Å². The Kier molecular flexibility index (Phi) is 7.24. The topological polar surface area (TPSA) is 44.0 Å². The van der Waals surface area contributed by atoms with E-state index in [1.165, 1.54) is 0 Å². The molecule has 0 aliphatic heterocycles. The van der Waals surface area contributed by atoms with Gasteiger partial charge in [-0.25, -0.2) is 0 Å². The van der Waals surface area contributed by atoms with Gasteiger partial charge in [0, 0.05) is 0 Å². The van der Waals surface area contributed by atoms with Crippen molar-refractivity contribution < 1.29 is 18.3 Å². The number of alkyl halides is 4. The third-order valence-corrected chi connectivity index (χ3v) is 11.5. The van der Waals surface area contributed by atoms with Crippen molar-refractivity contribution in [2.24, 2.45) is 5.92 Å². The summed E-state index contributed by atoms with van der Waals surface area (Å²) in [7, 11) is -3.62. The average Bonchev–Trinajstić information content (AvgIpc) is 2.80. The Morgan fingerprint density at radius 2 is 1.15 bits per heavy atom. The van der Waals surface area contributed by atoms with Crippen LogP contribution in [-0.4, -0.2) is 21.5 Å². The maximum atomic E-state index is 14.8. The molecule has 1 N–H and O–H groups in total. The van der Waals surface area contributed by atoms with Crippen molar-refractivity contribution in [3.63, 3.8) is 0 Å². The molecule has 172 valence electrons. The first-order valence-electron chi connectivity index (χ1n) is 10.5. The molecule has 2 unspecified atom stereocenters. The predicted molar refractivity (Wildman–Crippen MR) is 130 cm³/mol. The molecule has 0 radical (unpaired) electrons. The quantitative estimate of drug-likeness (QED) is 0.337. The fourth-order valence-corrected chi connectivity index (χ4v) is 10.2. The summed E-state index contributed by atoms with van der Waals surface area (Å²) in [5, 5.41) is 23.4. The van der Waals surface area contributed by atoms with Gasteiger partial charge in [0.1, 0.15) is 22.0 Å². The maximum absolute atomic E-state index is 14.8. The highest BCUT2D eigenvalue weighted by Gasteiger charge is 2.80. The van der Waals surface area contributed by atoms with Crippen LogP contribution in [0, 0.1) is 17.2 Å². The molecule has 3 rings (SSSR count). The number of rotatable bonds is 7. The van der Waals surface area contributed by atoms with Crippen LogP contribution in [0.1, 0.15) is 20.3 Å². The van der Waals surface area contributed by atoms with Crippen molar-refractivity contribution in [3.05, 3.63) is 91.0 Å². The first kappa shape index (κ1) is 25.2. The van der Waals surface area contributed by atoms with E-state index in [0.717, 1.165) is 0 Å². The van der Waals surface area contributed by atoms with Crippen molar-refractivity contribution in [2.75, 3.05) is 0 Å². The Labute approximate surface area is 198 Å². The number of nitriles is 1. The molecule has 0 spiro atoms. The van der Waals surface area contributed by atoms with Gasteiger partial charge in [-0.05, 0) is 48.7 Å². The van der Waals surface area contributed by atoms with Gasteiger partial charge >= 0.3 is 6.18 Å². The monoisotopic (exact) mass is 490 g/mol. The molecule has 2 nitrogen and oxygen atoms in total. The molecular weight excluding hydrogens is 466 g/mol. The highest BCUT2D eigenvalue weighted by molar-refractivity contribution is 7.98. The van der Waals surface area contributed by atoms with Crippen molar-refractivity contribution in [1.82, 2.24) is 0 Å². The van der Waals surface area contributed by atoms with Gasteiger partial charge in [0.25, 0.3) is 4.62 Å². The minimum absolute atomic E-state index is 0.477. The minimum atomic E-state index is -5.15. The van der Waals surface area contributed by atoms with Gasteiger partial charge in [0.15, 0.2) is 7.26 Å². The number of hydrogen-bond acceptors (Lipinski definition) is 2. The lowest BCUT2D eigenvalue weighted by Crippen LogP contribution is -2.64. The lowest BCUT2D eigenvalue weighted by Gasteiger charge is -2.46. The SMILES string of the molecule is CC(C)CC(O)(C(F)(F)F)C(Cl)(C#N)[P+](c1ccccc1)(c1ccccc1)c1ccccc1. The number of nitrogens with zero attached hydrogens (tertiary/aromatic N) is 1. The van der Waals surface area contributed by atoms with Crippen molar-refractivity contribution in [3.8, 4) is 6.07 Å². The van der Waals surface area contributed by atoms with Crippen molar-refractivity contribution in [2.45, 2.75) is 36.7 Å². The minimum Gasteiger partial charge on any atom is -0.375 e. The standard InChI is InChI=1S/C26H25ClF3NOP/c1-20(2)18-24(32,26(28,29)30)25(27,19-31)33(21-12-6-3-7-13-21,22-14-8-4-9-15-22)23-16-10-5-11-17-23/h3-17,20,32H,18H2,1-2H3/q+1. The zero-order valence-electron chi connectivity index (χ0n) is 18.3. The molecule has 7 heteroatoms. The summed E-state index contributed by atoms with van der Waals surface area (Å²) in [5.41, 5.74) is -3.49. The van der Waals surface area contributed by atoms with Gasteiger partial charge in [0.2, 0.25) is 5.60 Å². The Morgan fingerprint density at radius 3 is 1.39 bits per heavy atom. The molecule has 0 aromatic heterocycles. The summed E-state index contributed by atoms with van der Waals surface area (Å²) in [6.45, 7) is 3.14. The van der Waals surface area contributed by atoms with Crippen LogP contribution in [0.4, 0.5) is 13.2 Å². The summed E-state index contributed by atoms with van der Waals surface area (Å²) in [6.07, 6.45) is -5.87. The Hall–Kier alpha value is -2.38. The molecule has 3 aromatic rings. The molecule has 2 atom stereocenters. The Morgan fingerprint density at radius 1 is 0.818 bits per heavy atom. The molecule has 0 saturated heterocycles. The number of halogens is 4. The summed E-state index contributed by atoms with van der Waals surface area (Å²) < 4.78 is 41.5. The summed E-state index contributed by atoms with van der Waals surface area (Å²) in [4.78, 5) is 0. The third kappa shape index (κ3) is 4.06. The van der Waals surface area contributed by atoms with E-state index in [1.54, 1.807) is 105 Å². The van der Waals surface area contributed by atoms with Crippen LogP contribution in [-0.2, 0) is 0 Å². The first-order chi connectivity index (χ1) is 15.5. The van der Waals surface area contributed by atoms with Gasteiger partial charge in [0.05, 0.1) is 0 Å². The van der Waals surface area contributed by atoms with Crippen LogP contribution in [0.3, 0.4) is 0 Å². The number of hydrogen-bond donors (Lipinski definition) is 1. The zero-order chi connectivity index (χ0) is 24.3. The lowest BCUT2D eigenvalue weighted by molar-refractivity contribution is -0.265. The van der Waals surface area contributed by atoms with E-state index >= 15 is 0 Å². The van der Waals surface area contributed by atoms with Gasteiger partial charge < -0.3 is 5.11 Å². The average molecular weight is 491 g/mol. The Balaban J connectivity index is 2.59. The fraction of sp³-hybridized carbons (Fsp3) is 0.269. The highest BCUT2D eigenvalue weighted by Crippen LogP contribution is 2.73. The zero-order valence-corrected chi connectivity index (χ0v) is 19.9. The molecule has 3 aromatic carbocycles. The summed E-state index contributed by atoms with van der Waals surface area (Å²) in [5.74, 6) is -0.577. The molecule has 0 saturated carbocycles. The molecule has 0 aliphatic rings. The smallest absolute Gasteiger partial charge is 0.375 e. The molecule has 33 heavy (non-hydrogen) atoms. The normalized spacial score (nSPS) is 16.0. The summed E-state index contributed by atoms with van der Waals surface area (Å²) >= 11 is 7.00. The molecule has 0 fully saturated rings. The predicted octanol–water partition coefficient (Wildman–Crippen LogP) is 5.78. The maximum Gasteiger partial charge on any atom is 0.423 e. The second kappa shape index (κ2) is 9.47. The van der Waals surface area contributed by atoms with E-state index in [4.69, 9.17) is 11.6 Å². The van der Waals surface area contributed by atoms with Crippen LogP contribution in [0.25, 0.3) is 0 Å². The molecule has 0 amide bonds. The van der Waals surface area contributed by atoms with E-state index in [-0.39, 0.29) is 0 Å². The third-order valence-electron chi connectivity index (χ3n) is 5.76. The van der Waals surface area contributed by atoms with Gasteiger partial charge in [-0.1, -0.05) is 80.0 Å². The second-order valence-electron chi connectivity index (χ2n) is 8.37. The van der Waals surface area contributed by atoms with Crippen LogP contribution < -0.4 is 15.9 Å². The lowest BCUT2D eigenvalue weighted by atomic mass is 9.88. The fourth-order valence-electron chi connectivity index (χ4n) is 4.41. The molecule has 0 heterocycles. The largest absolute Gasteiger partial charge is 0.423 e. The van der Waals surface area contributed by atoms with Crippen molar-refractivity contribution in [1.29, 1.82) is 5.26 Å². The molecule has 0 aliphatic carbocycles. The van der Waals surface area contributed by atoms with Crippen LogP contribution in [0.15, 0.2) is 91.0 Å². The first-order valence-corrected chi connectivity index (χ1v) is 12.7. The van der Waals surface area contributed by atoms with E-state index in [9.17, 15) is 23.5 Å². The molecule has 0 bridgehead atoms. The summed E-state index contributed by atoms with van der Waals surface area (Å²) in [6, 6.07) is 27.4. The van der Waals surface area contributed by atoms with Crippen molar-refractivity contribution >= 4 is 34.8 Å². The van der Waals surface area contributed by atoms with E-state index in [2.05, 4.69) is 0 Å². The highest BCUT2D eigenvalue weighted by atomic mass is 35.5.